The Balaban J connectivity index is 1.98. The van der Waals surface area contributed by atoms with Crippen molar-refractivity contribution in [2.45, 2.75) is 12.6 Å². The van der Waals surface area contributed by atoms with Gasteiger partial charge < -0.3 is 15.0 Å². The largest absolute Gasteiger partial charge is 0.497 e. The van der Waals surface area contributed by atoms with E-state index in [9.17, 15) is 4.39 Å². The maximum absolute atomic E-state index is 13.6. The summed E-state index contributed by atoms with van der Waals surface area (Å²) in [6, 6.07) is 15.1. The zero-order valence-corrected chi connectivity index (χ0v) is 13.3. The molecule has 0 saturated heterocycles. The van der Waals surface area contributed by atoms with Crippen molar-refractivity contribution in [2.24, 2.45) is 0 Å². The van der Waals surface area contributed by atoms with Crippen LogP contribution >= 0.6 is 0 Å². The van der Waals surface area contributed by atoms with Crippen molar-refractivity contribution < 1.29 is 9.13 Å². The van der Waals surface area contributed by atoms with Gasteiger partial charge in [-0.15, -0.1) is 0 Å². The first-order valence-electron chi connectivity index (χ1n) is 7.36. The molecule has 1 unspecified atom stereocenters. The van der Waals surface area contributed by atoms with E-state index in [1.54, 1.807) is 19.2 Å². The average Bonchev–Trinajstić information content (AvgIpc) is 2.53. The van der Waals surface area contributed by atoms with E-state index in [1.807, 2.05) is 32.3 Å². The van der Waals surface area contributed by atoms with Crippen molar-refractivity contribution in [2.75, 3.05) is 27.7 Å². The zero-order valence-electron chi connectivity index (χ0n) is 13.3. The molecule has 4 heteroatoms. The van der Waals surface area contributed by atoms with Crippen LogP contribution < -0.4 is 10.1 Å². The van der Waals surface area contributed by atoms with Crippen molar-refractivity contribution in [3.05, 3.63) is 65.5 Å². The molecule has 0 amide bonds. The van der Waals surface area contributed by atoms with Crippen molar-refractivity contribution in [3.63, 3.8) is 0 Å². The summed E-state index contributed by atoms with van der Waals surface area (Å²) in [5, 5.41) is 3.34. The van der Waals surface area contributed by atoms with E-state index in [4.69, 9.17) is 4.74 Å². The van der Waals surface area contributed by atoms with E-state index in [2.05, 4.69) is 22.3 Å². The minimum absolute atomic E-state index is 0.166. The summed E-state index contributed by atoms with van der Waals surface area (Å²) in [6.45, 7) is 1.26. The SMILES string of the molecule is COc1ccc(C(CNCc2ccccc2F)N(C)C)cc1. The second kappa shape index (κ2) is 7.92. The van der Waals surface area contributed by atoms with Gasteiger partial charge in [0.25, 0.3) is 0 Å². The number of methoxy groups -OCH3 is 1. The van der Waals surface area contributed by atoms with Crippen LogP contribution in [0.5, 0.6) is 5.75 Å². The van der Waals surface area contributed by atoms with Crippen molar-refractivity contribution in [3.8, 4) is 5.75 Å². The Labute approximate surface area is 131 Å². The molecule has 0 fully saturated rings. The summed E-state index contributed by atoms with van der Waals surface area (Å²) in [6.07, 6.45) is 0. The fourth-order valence-electron chi connectivity index (χ4n) is 2.41. The molecule has 118 valence electrons. The quantitative estimate of drug-likeness (QED) is 0.850. The Hall–Kier alpha value is -1.91. The Morgan fingerprint density at radius 2 is 1.77 bits per heavy atom. The first kappa shape index (κ1) is 16.5. The molecule has 1 N–H and O–H groups in total. The van der Waals surface area contributed by atoms with Gasteiger partial charge in [0.15, 0.2) is 0 Å². The molecule has 0 aliphatic heterocycles. The van der Waals surface area contributed by atoms with Gasteiger partial charge in [0, 0.05) is 24.7 Å². The van der Waals surface area contributed by atoms with Crippen LogP contribution in [0.4, 0.5) is 4.39 Å². The molecular weight excluding hydrogens is 279 g/mol. The standard InChI is InChI=1S/C18H23FN2O/c1-21(2)18(14-8-10-16(22-3)11-9-14)13-20-12-15-6-4-5-7-17(15)19/h4-11,18,20H,12-13H2,1-3H3. The van der Waals surface area contributed by atoms with Crippen LogP contribution in [0.15, 0.2) is 48.5 Å². The summed E-state index contributed by atoms with van der Waals surface area (Å²) in [4.78, 5) is 2.15. The second-order valence-corrected chi connectivity index (χ2v) is 5.47. The smallest absolute Gasteiger partial charge is 0.127 e. The molecule has 0 aliphatic carbocycles. The fourth-order valence-corrected chi connectivity index (χ4v) is 2.41. The second-order valence-electron chi connectivity index (χ2n) is 5.47. The lowest BCUT2D eigenvalue weighted by atomic mass is 10.1. The summed E-state index contributed by atoms with van der Waals surface area (Å²) in [5.41, 5.74) is 1.89. The molecule has 0 heterocycles. The predicted molar refractivity (Wildman–Crippen MR) is 87.5 cm³/mol. The van der Waals surface area contributed by atoms with Gasteiger partial charge in [-0.05, 0) is 37.9 Å². The monoisotopic (exact) mass is 302 g/mol. The van der Waals surface area contributed by atoms with Crippen LogP contribution in [-0.2, 0) is 6.54 Å². The van der Waals surface area contributed by atoms with Crippen molar-refractivity contribution >= 4 is 0 Å². The molecule has 0 aromatic heterocycles. The molecule has 2 rings (SSSR count). The molecule has 1 atom stereocenters. The van der Waals surface area contributed by atoms with Crippen LogP contribution in [0.3, 0.4) is 0 Å². The number of hydrogen-bond donors (Lipinski definition) is 1. The lowest BCUT2D eigenvalue weighted by Crippen LogP contribution is -2.31. The van der Waals surface area contributed by atoms with Crippen LogP contribution in [0.2, 0.25) is 0 Å². The minimum atomic E-state index is -0.166. The molecule has 0 aliphatic rings. The average molecular weight is 302 g/mol. The van der Waals surface area contributed by atoms with E-state index < -0.39 is 0 Å². The van der Waals surface area contributed by atoms with E-state index >= 15 is 0 Å². The van der Waals surface area contributed by atoms with Crippen LogP contribution in [0, 0.1) is 5.82 Å². The molecular formula is C18H23FN2O. The maximum atomic E-state index is 13.6. The van der Waals surface area contributed by atoms with Gasteiger partial charge >= 0.3 is 0 Å². The molecule has 0 bridgehead atoms. The number of ether oxygens (including phenoxy) is 1. The number of benzene rings is 2. The fraction of sp³-hybridized carbons (Fsp3) is 0.333. The Bertz CT molecular complexity index is 584. The number of likely N-dealkylation sites (N-methyl/N-ethyl adjacent to an activating group) is 1. The van der Waals surface area contributed by atoms with Crippen LogP contribution in [0.25, 0.3) is 0 Å². The van der Waals surface area contributed by atoms with Crippen LogP contribution in [-0.4, -0.2) is 32.6 Å². The summed E-state index contributed by atoms with van der Waals surface area (Å²) >= 11 is 0. The van der Waals surface area contributed by atoms with Gasteiger partial charge in [-0.3, -0.25) is 0 Å². The topological polar surface area (TPSA) is 24.5 Å². The zero-order chi connectivity index (χ0) is 15.9. The van der Waals surface area contributed by atoms with Gasteiger partial charge in [0.1, 0.15) is 11.6 Å². The third-order valence-corrected chi connectivity index (χ3v) is 3.73. The number of rotatable bonds is 7. The normalized spacial score (nSPS) is 12.4. The first-order valence-corrected chi connectivity index (χ1v) is 7.36. The van der Waals surface area contributed by atoms with Crippen LogP contribution in [0.1, 0.15) is 17.2 Å². The first-order chi connectivity index (χ1) is 10.6. The summed E-state index contributed by atoms with van der Waals surface area (Å²) in [7, 11) is 5.74. The van der Waals surface area contributed by atoms with E-state index in [0.717, 1.165) is 12.3 Å². The van der Waals surface area contributed by atoms with Gasteiger partial charge in [0.05, 0.1) is 7.11 Å². The Kier molecular flexibility index (Phi) is 5.92. The molecule has 3 nitrogen and oxygen atoms in total. The number of halogens is 1. The van der Waals surface area contributed by atoms with E-state index in [0.29, 0.717) is 12.1 Å². The molecule has 2 aromatic carbocycles. The minimum Gasteiger partial charge on any atom is -0.497 e. The highest BCUT2D eigenvalue weighted by Crippen LogP contribution is 2.20. The van der Waals surface area contributed by atoms with Gasteiger partial charge in [-0.1, -0.05) is 30.3 Å². The molecule has 0 saturated carbocycles. The van der Waals surface area contributed by atoms with Gasteiger partial charge in [-0.25, -0.2) is 4.39 Å². The predicted octanol–water partition coefficient (Wildman–Crippen LogP) is 3.23. The van der Waals surface area contributed by atoms with E-state index in [1.165, 1.54) is 11.6 Å². The molecule has 22 heavy (non-hydrogen) atoms. The number of nitrogens with one attached hydrogen (secondary N) is 1. The van der Waals surface area contributed by atoms with E-state index in [-0.39, 0.29) is 11.9 Å². The lowest BCUT2D eigenvalue weighted by molar-refractivity contribution is 0.287. The van der Waals surface area contributed by atoms with Gasteiger partial charge in [-0.2, -0.15) is 0 Å². The molecule has 2 aromatic rings. The highest BCUT2D eigenvalue weighted by molar-refractivity contribution is 5.29. The number of hydrogen-bond acceptors (Lipinski definition) is 3. The summed E-state index contributed by atoms with van der Waals surface area (Å²) < 4.78 is 18.8. The van der Waals surface area contributed by atoms with Crippen molar-refractivity contribution in [1.82, 2.24) is 10.2 Å². The Morgan fingerprint density at radius 1 is 1.09 bits per heavy atom. The number of nitrogens with zero attached hydrogens (tertiary/aromatic N) is 1. The molecule has 0 radical (unpaired) electrons. The molecule has 0 spiro atoms. The third-order valence-electron chi connectivity index (χ3n) is 3.73. The van der Waals surface area contributed by atoms with Crippen molar-refractivity contribution in [1.29, 1.82) is 0 Å². The highest BCUT2D eigenvalue weighted by atomic mass is 19.1. The lowest BCUT2D eigenvalue weighted by Gasteiger charge is -2.25. The maximum Gasteiger partial charge on any atom is 0.127 e. The highest BCUT2D eigenvalue weighted by Gasteiger charge is 2.14. The summed E-state index contributed by atoms with van der Waals surface area (Å²) in [5.74, 6) is 0.682. The third kappa shape index (κ3) is 4.29. The Morgan fingerprint density at radius 3 is 2.36 bits per heavy atom. The van der Waals surface area contributed by atoms with Gasteiger partial charge in [0.2, 0.25) is 0 Å².